The van der Waals surface area contributed by atoms with Crippen molar-refractivity contribution >= 4 is 11.8 Å². The SMILES string of the molecule is CSC1(CN)CC(C(C)(C)C)C1. The van der Waals surface area contributed by atoms with E-state index in [9.17, 15) is 0 Å². The third kappa shape index (κ3) is 1.80. The molecule has 1 rings (SSSR count). The van der Waals surface area contributed by atoms with Crippen molar-refractivity contribution in [3.8, 4) is 0 Å². The van der Waals surface area contributed by atoms with E-state index in [1.165, 1.54) is 12.8 Å². The minimum absolute atomic E-state index is 0.429. The van der Waals surface area contributed by atoms with Crippen LogP contribution in [0.2, 0.25) is 0 Å². The van der Waals surface area contributed by atoms with Gasteiger partial charge >= 0.3 is 0 Å². The summed E-state index contributed by atoms with van der Waals surface area (Å²) < 4.78 is 0.429. The fourth-order valence-electron chi connectivity index (χ4n) is 1.87. The van der Waals surface area contributed by atoms with Crippen molar-refractivity contribution in [1.29, 1.82) is 0 Å². The molecular weight excluding hydrogens is 166 g/mol. The molecule has 0 atom stereocenters. The van der Waals surface area contributed by atoms with Gasteiger partial charge in [-0.3, -0.25) is 0 Å². The number of hydrogen-bond acceptors (Lipinski definition) is 2. The highest BCUT2D eigenvalue weighted by molar-refractivity contribution is 8.00. The maximum atomic E-state index is 5.76. The van der Waals surface area contributed by atoms with E-state index in [0.29, 0.717) is 10.2 Å². The van der Waals surface area contributed by atoms with E-state index in [0.717, 1.165) is 12.5 Å². The molecule has 12 heavy (non-hydrogen) atoms. The van der Waals surface area contributed by atoms with Gasteiger partial charge in [0.05, 0.1) is 0 Å². The topological polar surface area (TPSA) is 26.0 Å². The molecular formula is C10H21NS. The quantitative estimate of drug-likeness (QED) is 0.719. The van der Waals surface area contributed by atoms with Gasteiger partial charge < -0.3 is 5.73 Å². The normalized spacial score (nSPS) is 36.2. The molecule has 0 bridgehead atoms. The van der Waals surface area contributed by atoms with Crippen LogP contribution in [0.5, 0.6) is 0 Å². The standard InChI is InChI=1S/C10H21NS/c1-9(2,3)8-5-10(6-8,7-11)12-4/h8H,5-7,11H2,1-4H3. The second kappa shape index (κ2) is 3.22. The maximum Gasteiger partial charge on any atom is 0.0285 e. The Labute approximate surface area is 80.5 Å². The average molecular weight is 187 g/mol. The minimum Gasteiger partial charge on any atom is -0.329 e. The van der Waals surface area contributed by atoms with E-state index in [1.807, 2.05) is 11.8 Å². The van der Waals surface area contributed by atoms with Gasteiger partial charge in [0.15, 0.2) is 0 Å². The zero-order valence-electron chi connectivity index (χ0n) is 8.68. The monoisotopic (exact) mass is 187 g/mol. The number of hydrogen-bond donors (Lipinski definition) is 1. The first-order chi connectivity index (χ1) is 5.43. The Hall–Kier alpha value is 0.310. The summed E-state index contributed by atoms with van der Waals surface area (Å²) in [5.74, 6) is 0.883. The summed E-state index contributed by atoms with van der Waals surface area (Å²) in [5.41, 5.74) is 6.24. The van der Waals surface area contributed by atoms with Gasteiger partial charge in [-0.15, -0.1) is 0 Å². The molecule has 0 radical (unpaired) electrons. The van der Waals surface area contributed by atoms with Crippen molar-refractivity contribution in [2.24, 2.45) is 17.1 Å². The fourth-order valence-corrected chi connectivity index (χ4v) is 2.77. The minimum atomic E-state index is 0.429. The molecule has 0 spiro atoms. The van der Waals surface area contributed by atoms with Crippen LogP contribution in [0.4, 0.5) is 0 Å². The Kier molecular flexibility index (Phi) is 2.79. The lowest BCUT2D eigenvalue weighted by molar-refractivity contribution is 0.102. The van der Waals surface area contributed by atoms with Crippen molar-refractivity contribution in [3.63, 3.8) is 0 Å². The van der Waals surface area contributed by atoms with Crippen molar-refractivity contribution in [2.75, 3.05) is 12.8 Å². The van der Waals surface area contributed by atoms with E-state index >= 15 is 0 Å². The lowest BCUT2D eigenvalue weighted by Crippen LogP contribution is -2.50. The molecule has 0 aromatic carbocycles. The molecule has 0 aliphatic heterocycles. The molecule has 0 heterocycles. The largest absolute Gasteiger partial charge is 0.329 e. The highest BCUT2D eigenvalue weighted by atomic mass is 32.2. The number of nitrogens with two attached hydrogens (primary N) is 1. The number of thioether (sulfide) groups is 1. The van der Waals surface area contributed by atoms with Gasteiger partial charge in [0.25, 0.3) is 0 Å². The molecule has 1 nitrogen and oxygen atoms in total. The summed E-state index contributed by atoms with van der Waals surface area (Å²) in [5, 5.41) is 0. The van der Waals surface area contributed by atoms with Crippen LogP contribution in [0.15, 0.2) is 0 Å². The second-order valence-electron chi connectivity index (χ2n) is 5.06. The molecule has 2 heteroatoms. The first-order valence-corrected chi connectivity index (χ1v) is 5.91. The number of rotatable bonds is 2. The van der Waals surface area contributed by atoms with Crippen molar-refractivity contribution < 1.29 is 0 Å². The lowest BCUT2D eigenvalue weighted by atomic mass is 9.62. The van der Waals surface area contributed by atoms with Crippen LogP contribution in [0.25, 0.3) is 0 Å². The van der Waals surface area contributed by atoms with Crippen LogP contribution >= 0.6 is 11.8 Å². The molecule has 0 unspecified atom stereocenters. The summed E-state index contributed by atoms with van der Waals surface area (Å²) in [7, 11) is 0. The zero-order chi connectivity index (χ0) is 9.41. The highest BCUT2D eigenvalue weighted by Gasteiger charge is 2.46. The molecule has 0 amide bonds. The average Bonchev–Trinajstić information content (AvgIpc) is 1.85. The zero-order valence-corrected chi connectivity index (χ0v) is 9.50. The summed E-state index contributed by atoms with van der Waals surface area (Å²) in [6, 6.07) is 0. The van der Waals surface area contributed by atoms with Crippen molar-refractivity contribution in [3.05, 3.63) is 0 Å². The van der Waals surface area contributed by atoms with Gasteiger partial charge in [0.1, 0.15) is 0 Å². The van der Waals surface area contributed by atoms with Crippen LogP contribution in [0, 0.1) is 11.3 Å². The van der Waals surface area contributed by atoms with E-state index in [1.54, 1.807) is 0 Å². The van der Waals surface area contributed by atoms with Crippen LogP contribution in [0.1, 0.15) is 33.6 Å². The maximum absolute atomic E-state index is 5.76. The third-order valence-corrected chi connectivity index (χ3v) is 4.63. The molecule has 2 N–H and O–H groups in total. The Bertz CT molecular complexity index is 148. The predicted molar refractivity (Wildman–Crippen MR) is 57.5 cm³/mol. The van der Waals surface area contributed by atoms with Crippen molar-refractivity contribution in [2.45, 2.75) is 38.4 Å². The lowest BCUT2D eigenvalue weighted by Gasteiger charge is -2.51. The van der Waals surface area contributed by atoms with Gasteiger partial charge in [0.2, 0.25) is 0 Å². The molecule has 1 aliphatic rings. The van der Waals surface area contributed by atoms with Gasteiger partial charge in [-0.1, -0.05) is 20.8 Å². The summed E-state index contributed by atoms with van der Waals surface area (Å²) in [6.45, 7) is 7.84. The Morgan fingerprint density at radius 3 is 2.17 bits per heavy atom. The smallest absolute Gasteiger partial charge is 0.0285 e. The van der Waals surface area contributed by atoms with Crippen LogP contribution < -0.4 is 5.73 Å². The van der Waals surface area contributed by atoms with Gasteiger partial charge in [0, 0.05) is 11.3 Å². The summed E-state index contributed by atoms with van der Waals surface area (Å²) >= 11 is 1.95. The molecule has 72 valence electrons. The van der Waals surface area contributed by atoms with Crippen LogP contribution in [-0.2, 0) is 0 Å². The molecule has 1 fully saturated rings. The predicted octanol–water partition coefficient (Wildman–Crippen LogP) is 2.50. The third-order valence-electron chi connectivity index (χ3n) is 3.27. The molecule has 0 aromatic rings. The molecule has 0 saturated heterocycles. The molecule has 1 aliphatic carbocycles. The Morgan fingerprint density at radius 1 is 1.42 bits per heavy atom. The fraction of sp³-hybridized carbons (Fsp3) is 1.00. The molecule has 1 saturated carbocycles. The van der Waals surface area contributed by atoms with Gasteiger partial charge in [-0.05, 0) is 30.4 Å². The molecule has 0 aromatic heterocycles. The Morgan fingerprint density at radius 2 is 1.92 bits per heavy atom. The summed E-state index contributed by atoms with van der Waals surface area (Å²) in [6.07, 6.45) is 4.81. The van der Waals surface area contributed by atoms with Gasteiger partial charge in [-0.2, -0.15) is 11.8 Å². The highest BCUT2D eigenvalue weighted by Crippen LogP contribution is 2.52. The van der Waals surface area contributed by atoms with E-state index in [4.69, 9.17) is 5.73 Å². The van der Waals surface area contributed by atoms with Crippen LogP contribution in [0.3, 0.4) is 0 Å². The van der Waals surface area contributed by atoms with Crippen molar-refractivity contribution in [1.82, 2.24) is 0 Å². The summed E-state index contributed by atoms with van der Waals surface area (Å²) in [4.78, 5) is 0. The van der Waals surface area contributed by atoms with E-state index in [-0.39, 0.29) is 0 Å². The second-order valence-corrected chi connectivity index (χ2v) is 6.34. The first kappa shape index (κ1) is 10.4. The van der Waals surface area contributed by atoms with Gasteiger partial charge in [-0.25, -0.2) is 0 Å². The van der Waals surface area contributed by atoms with E-state index in [2.05, 4.69) is 27.0 Å². The van der Waals surface area contributed by atoms with Crippen LogP contribution in [-0.4, -0.2) is 17.5 Å². The van der Waals surface area contributed by atoms with E-state index < -0.39 is 0 Å². The first-order valence-electron chi connectivity index (χ1n) is 4.69. The Balaban J connectivity index is 2.45.